The van der Waals surface area contributed by atoms with E-state index in [1.807, 2.05) is 13.8 Å². The summed E-state index contributed by atoms with van der Waals surface area (Å²) in [5.41, 5.74) is 3.54. The molecule has 6 N–H and O–H groups in total. The Kier molecular flexibility index (Phi) is 6.10. The first-order chi connectivity index (χ1) is 9.83. The molecule has 2 bridgehead atoms. The lowest BCUT2D eigenvalue weighted by atomic mass is 9.41. The van der Waals surface area contributed by atoms with Gasteiger partial charge in [-0.1, -0.05) is 27.7 Å². The summed E-state index contributed by atoms with van der Waals surface area (Å²) in [6, 6.07) is 0. The quantitative estimate of drug-likeness (QED) is 0.383. The van der Waals surface area contributed by atoms with Gasteiger partial charge in [-0.05, 0) is 49.9 Å². The summed E-state index contributed by atoms with van der Waals surface area (Å²) < 4.78 is 4.45. The Morgan fingerprint density at radius 1 is 1.23 bits per heavy atom. The third kappa shape index (κ3) is 3.83. The van der Waals surface area contributed by atoms with Crippen LogP contribution in [0.25, 0.3) is 0 Å². The van der Waals surface area contributed by atoms with E-state index in [0.717, 1.165) is 19.3 Å². The van der Waals surface area contributed by atoms with Crippen LogP contribution >= 0.6 is 0 Å². The molecule has 0 aromatic heterocycles. The monoisotopic (exact) mass is 317 g/mol. The molecule has 0 amide bonds. The lowest BCUT2D eigenvalue weighted by Gasteiger charge is -2.68. The van der Waals surface area contributed by atoms with Gasteiger partial charge in [0.2, 0.25) is 0 Å². The molecule has 7 heteroatoms. The molecule has 0 aromatic carbocycles. The molecule has 0 radical (unpaired) electrons. The van der Waals surface area contributed by atoms with E-state index in [-0.39, 0.29) is 5.41 Å². The highest BCUT2D eigenvalue weighted by Gasteiger charge is 2.69. The highest BCUT2D eigenvalue weighted by molar-refractivity contribution is 6.32. The van der Waals surface area contributed by atoms with Crippen molar-refractivity contribution in [3.05, 3.63) is 0 Å². The zero-order valence-electron chi connectivity index (χ0n) is 14.4. The summed E-state index contributed by atoms with van der Waals surface area (Å²) in [4.78, 5) is 0. The Morgan fingerprint density at radius 2 is 1.77 bits per heavy atom. The van der Waals surface area contributed by atoms with Gasteiger partial charge in [-0.3, -0.25) is 0 Å². The van der Waals surface area contributed by atoms with Gasteiger partial charge in [0.25, 0.3) is 0 Å². The summed E-state index contributed by atoms with van der Waals surface area (Å²) in [5, 5.41) is 36.8. The molecule has 3 fully saturated rings. The largest absolute Gasteiger partial charge is 0.635 e. The van der Waals surface area contributed by atoms with Gasteiger partial charge in [0.05, 0.1) is 17.4 Å². The van der Waals surface area contributed by atoms with E-state index < -0.39 is 24.8 Å². The van der Waals surface area contributed by atoms with Crippen LogP contribution in [-0.2, 0) is 4.65 Å². The van der Waals surface area contributed by atoms with Crippen molar-refractivity contribution < 1.29 is 24.9 Å². The lowest BCUT2D eigenvalue weighted by molar-refractivity contribution is -0.312. The van der Waals surface area contributed by atoms with Crippen molar-refractivity contribution in [2.24, 2.45) is 23.0 Å². The molecule has 3 unspecified atom stereocenters. The predicted octanol–water partition coefficient (Wildman–Crippen LogP) is 0.612. The number of fused-ring (bicyclic) bond motifs is 2. The Labute approximate surface area is 133 Å². The van der Waals surface area contributed by atoms with Crippen LogP contribution in [0.5, 0.6) is 0 Å². The van der Waals surface area contributed by atoms with E-state index in [1.54, 1.807) is 6.92 Å². The minimum absolute atomic E-state index is 0.0885. The highest BCUT2D eigenvalue weighted by atomic mass is 16.6. The van der Waals surface area contributed by atoms with E-state index in [4.69, 9.17) is 15.8 Å². The Balaban J connectivity index is 0.000000225. The fourth-order valence-corrected chi connectivity index (χ4v) is 3.80. The van der Waals surface area contributed by atoms with Gasteiger partial charge < -0.3 is 30.6 Å². The van der Waals surface area contributed by atoms with Crippen molar-refractivity contribution in [3.8, 4) is 0 Å². The number of aliphatic hydroxyl groups is 2. The third-order valence-electron chi connectivity index (χ3n) is 5.50. The van der Waals surface area contributed by atoms with Gasteiger partial charge in [0, 0.05) is 0 Å². The molecule has 3 rings (SSSR count). The van der Waals surface area contributed by atoms with Crippen molar-refractivity contribution in [2.45, 2.75) is 77.7 Å². The van der Waals surface area contributed by atoms with Crippen molar-refractivity contribution in [1.29, 1.82) is 0 Å². The molecule has 0 heterocycles. The molecule has 0 aliphatic heterocycles. The average molecular weight is 317 g/mol. The molecular formula is C15H32BNO5. The minimum atomic E-state index is -1.76. The van der Waals surface area contributed by atoms with Crippen LogP contribution in [-0.4, -0.2) is 45.0 Å². The van der Waals surface area contributed by atoms with Crippen LogP contribution < -0.4 is 5.73 Å². The fourth-order valence-electron chi connectivity index (χ4n) is 3.80. The summed E-state index contributed by atoms with van der Waals surface area (Å²) in [7, 11) is -1.76. The van der Waals surface area contributed by atoms with Crippen LogP contribution in [0.1, 0.15) is 60.3 Å². The van der Waals surface area contributed by atoms with Crippen molar-refractivity contribution in [2.75, 3.05) is 0 Å². The predicted molar refractivity (Wildman–Crippen MR) is 85.4 cm³/mol. The number of nitrogens with two attached hydrogens (primary N) is 1. The first-order valence-corrected chi connectivity index (χ1v) is 8.05. The number of hydrogen-bond donors (Lipinski definition) is 5. The molecule has 3 aliphatic rings. The smallest absolute Gasteiger partial charge is 0.402 e. The summed E-state index contributed by atoms with van der Waals surface area (Å²) in [6.07, 6.45) is 2.63. The maximum atomic E-state index is 10.2. The average Bonchev–Trinajstić information content (AvgIpc) is 2.30. The van der Waals surface area contributed by atoms with E-state index >= 15 is 0 Å². The zero-order chi connectivity index (χ0) is 17.3. The maximum absolute atomic E-state index is 10.2. The summed E-state index contributed by atoms with van der Waals surface area (Å²) in [6.45, 7) is 9.85. The lowest BCUT2D eigenvalue weighted by Crippen LogP contribution is -2.74. The van der Waals surface area contributed by atoms with Gasteiger partial charge in [-0.2, -0.15) is 0 Å². The standard InChI is InChI=1S/C10H18O2.C5H14BNO3/c1-8(2)7-4-5-9(3,11)10(8,12)6-7;1-4(2)3-5(7)10-6(8)9/h7,11-12H,4-6H2,1-3H3;4-5,8-9H,3,7H2,1-2H3/t;5-/m.1/s1. The molecule has 0 aromatic rings. The van der Waals surface area contributed by atoms with Gasteiger partial charge in [-0.15, -0.1) is 0 Å². The van der Waals surface area contributed by atoms with Crippen LogP contribution in [0.2, 0.25) is 0 Å². The fraction of sp³-hybridized carbons (Fsp3) is 1.00. The van der Waals surface area contributed by atoms with E-state index in [9.17, 15) is 10.2 Å². The molecule has 22 heavy (non-hydrogen) atoms. The van der Waals surface area contributed by atoms with Gasteiger partial charge >= 0.3 is 7.32 Å². The number of hydrogen-bond acceptors (Lipinski definition) is 6. The van der Waals surface area contributed by atoms with Crippen molar-refractivity contribution in [1.82, 2.24) is 0 Å². The highest BCUT2D eigenvalue weighted by Crippen LogP contribution is 2.65. The van der Waals surface area contributed by atoms with Crippen LogP contribution in [0.15, 0.2) is 0 Å². The third-order valence-corrected chi connectivity index (χ3v) is 5.50. The van der Waals surface area contributed by atoms with Gasteiger partial charge in [0.15, 0.2) is 0 Å². The van der Waals surface area contributed by atoms with Crippen molar-refractivity contribution in [3.63, 3.8) is 0 Å². The summed E-state index contributed by atoms with van der Waals surface area (Å²) >= 11 is 0. The molecular weight excluding hydrogens is 285 g/mol. The van der Waals surface area contributed by atoms with Crippen molar-refractivity contribution >= 4 is 7.32 Å². The molecule has 6 nitrogen and oxygen atoms in total. The minimum Gasteiger partial charge on any atom is -0.402 e. The zero-order valence-corrected chi connectivity index (χ0v) is 14.4. The normalized spacial score (nSPS) is 37.0. The molecule has 4 atom stereocenters. The molecule has 0 saturated heterocycles. The molecule has 3 aliphatic carbocycles. The van der Waals surface area contributed by atoms with Crippen LogP contribution in [0.4, 0.5) is 0 Å². The Hall–Kier alpha value is -0.175. The van der Waals surface area contributed by atoms with E-state index in [2.05, 4.69) is 18.5 Å². The van der Waals surface area contributed by atoms with Gasteiger partial charge in [-0.25, -0.2) is 0 Å². The van der Waals surface area contributed by atoms with Crippen LogP contribution in [0, 0.1) is 17.3 Å². The Morgan fingerprint density at radius 3 is 2.09 bits per heavy atom. The number of rotatable bonds is 4. The second kappa shape index (κ2) is 6.75. The van der Waals surface area contributed by atoms with E-state index in [1.165, 1.54) is 0 Å². The molecule has 130 valence electrons. The molecule has 0 spiro atoms. The van der Waals surface area contributed by atoms with Gasteiger partial charge in [0.1, 0.15) is 0 Å². The molecule has 3 saturated carbocycles. The first-order valence-electron chi connectivity index (χ1n) is 8.05. The van der Waals surface area contributed by atoms with E-state index in [0.29, 0.717) is 18.3 Å². The van der Waals surface area contributed by atoms with Crippen LogP contribution in [0.3, 0.4) is 0 Å². The second-order valence-electron chi connectivity index (χ2n) is 7.93. The first kappa shape index (κ1) is 19.9. The maximum Gasteiger partial charge on any atom is 0.635 e. The SMILES string of the molecule is CC(C)C[C@H](N)OB(O)O.CC1(O)CCC2CC1(O)C2(C)C. The summed E-state index contributed by atoms with van der Waals surface area (Å²) in [5.74, 6) is 1.01. The second-order valence-corrected chi connectivity index (χ2v) is 7.93. The topological polar surface area (TPSA) is 116 Å². The Bertz CT molecular complexity index is 355.